The van der Waals surface area contributed by atoms with Crippen molar-refractivity contribution in [1.29, 1.82) is 0 Å². The third-order valence-corrected chi connectivity index (χ3v) is 4.46. The number of likely N-dealkylation sites (tertiary alicyclic amines) is 1. The second kappa shape index (κ2) is 6.34. The molecule has 1 aliphatic heterocycles. The van der Waals surface area contributed by atoms with E-state index in [0.29, 0.717) is 6.04 Å². The first kappa shape index (κ1) is 14.2. The first-order chi connectivity index (χ1) is 11.4. The number of rotatable bonds is 4. The highest BCUT2D eigenvalue weighted by Gasteiger charge is 2.26. The number of aromatic nitrogens is 3. The van der Waals surface area contributed by atoms with Gasteiger partial charge in [0.2, 0.25) is 0 Å². The van der Waals surface area contributed by atoms with Crippen molar-refractivity contribution < 1.29 is 0 Å². The van der Waals surface area contributed by atoms with Gasteiger partial charge in [0.25, 0.3) is 0 Å². The van der Waals surface area contributed by atoms with Crippen molar-refractivity contribution in [1.82, 2.24) is 19.7 Å². The number of benzene rings is 1. The Morgan fingerprint density at radius 2 is 2.04 bits per heavy atom. The summed E-state index contributed by atoms with van der Waals surface area (Å²) in [4.78, 5) is 7.09. The van der Waals surface area contributed by atoms with E-state index in [2.05, 4.69) is 51.4 Å². The van der Waals surface area contributed by atoms with Gasteiger partial charge in [0.15, 0.2) is 0 Å². The highest BCUT2D eigenvalue weighted by atomic mass is 15.3. The molecule has 4 heteroatoms. The second-order valence-electron chi connectivity index (χ2n) is 6.00. The fourth-order valence-corrected chi connectivity index (χ4v) is 3.38. The molecule has 0 unspecified atom stereocenters. The van der Waals surface area contributed by atoms with Gasteiger partial charge in [-0.15, -0.1) is 0 Å². The molecule has 0 aliphatic carbocycles. The van der Waals surface area contributed by atoms with Crippen LogP contribution in [0, 0.1) is 0 Å². The van der Waals surface area contributed by atoms with Gasteiger partial charge in [-0.25, -0.2) is 4.68 Å². The van der Waals surface area contributed by atoms with Gasteiger partial charge < -0.3 is 0 Å². The van der Waals surface area contributed by atoms with E-state index < -0.39 is 0 Å². The summed E-state index contributed by atoms with van der Waals surface area (Å²) in [6.45, 7) is 2.09. The molecule has 23 heavy (non-hydrogen) atoms. The molecule has 4 nitrogen and oxygen atoms in total. The summed E-state index contributed by atoms with van der Waals surface area (Å²) in [6.07, 6.45) is 8.11. The molecule has 0 radical (unpaired) electrons. The average Bonchev–Trinajstić information content (AvgIpc) is 3.28. The minimum Gasteiger partial charge on any atom is -0.291 e. The molecule has 0 spiro atoms. The van der Waals surface area contributed by atoms with Gasteiger partial charge in [-0.2, -0.15) is 5.10 Å². The van der Waals surface area contributed by atoms with Crippen LogP contribution < -0.4 is 0 Å². The lowest BCUT2D eigenvalue weighted by molar-refractivity contribution is 0.244. The first-order valence-electron chi connectivity index (χ1n) is 8.14. The molecule has 4 rings (SSSR count). The van der Waals surface area contributed by atoms with Crippen LogP contribution in [0.1, 0.15) is 30.1 Å². The van der Waals surface area contributed by atoms with E-state index in [9.17, 15) is 0 Å². The Hall–Kier alpha value is -2.46. The Morgan fingerprint density at radius 3 is 2.87 bits per heavy atom. The second-order valence-corrected chi connectivity index (χ2v) is 6.00. The summed E-state index contributed by atoms with van der Waals surface area (Å²) in [5.74, 6) is 0. The molecule has 1 saturated heterocycles. The molecule has 0 bridgehead atoms. The summed E-state index contributed by atoms with van der Waals surface area (Å²) in [6, 6.07) is 17.2. The zero-order valence-electron chi connectivity index (χ0n) is 13.0. The van der Waals surface area contributed by atoms with Crippen LogP contribution in [0.15, 0.2) is 67.1 Å². The lowest BCUT2D eigenvalue weighted by Gasteiger charge is -2.24. The molecule has 1 atom stereocenters. The molecule has 116 valence electrons. The maximum Gasteiger partial charge on any atom is 0.0648 e. The summed E-state index contributed by atoms with van der Waals surface area (Å²) >= 11 is 0. The van der Waals surface area contributed by atoms with Crippen LogP contribution in [0.4, 0.5) is 0 Å². The third-order valence-electron chi connectivity index (χ3n) is 4.46. The van der Waals surface area contributed by atoms with E-state index in [4.69, 9.17) is 0 Å². The number of hydrogen-bond acceptors (Lipinski definition) is 3. The Bertz CT molecular complexity index is 752. The Kier molecular flexibility index (Phi) is 3.90. The molecule has 1 aromatic carbocycles. The van der Waals surface area contributed by atoms with Crippen molar-refractivity contribution in [2.45, 2.75) is 25.4 Å². The van der Waals surface area contributed by atoms with E-state index in [0.717, 1.165) is 18.8 Å². The first-order valence-corrected chi connectivity index (χ1v) is 8.14. The highest BCUT2D eigenvalue weighted by molar-refractivity contribution is 5.35. The normalized spacial score (nSPS) is 18.3. The minimum absolute atomic E-state index is 0.435. The number of nitrogens with zero attached hydrogens (tertiary/aromatic N) is 4. The van der Waals surface area contributed by atoms with Crippen LogP contribution in [0.25, 0.3) is 5.69 Å². The highest BCUT2D eigenvalue weighted by Crippen LogP contribution is 2.32. The molecule has 1 fully saturated rings. The molecule has 3 aromatic rings. The zero-order valence-corrected chi connectivity index (χ0v) is 13.0. The van der Waals surface area contributed by atoms with Crippen molar-refractivity contribution in [2.75, 3.05) is 6.54 Å². The fourth-order valence-electron chi connectivity index (χ4n) is 3.38. The quantitative estimate of drug-likeness (QED) is 0.738. The van der Waals surface area contributed by atoms with Gasteiger partial charge in [0.1, 0.15) is 0 Å². The van der Waals surface area contributed by atoms with Gasteiger partial charge >= 0.3 is 0 Å². The predicted molar refractivity (Wildman–Crippen MR) is 90.2 cm³/mol. The van der Waals surface area contributed by atoms with E-state index in [1.165, 1.54) is 24.1 Å². The van der Waals surface area contributed by atoms with E-state index >= 15 is 0 Å². The van der Waals surface area contributed by atoms with Crippen LogP contribution >= 0.6 is 0 Å². The number of hydrogen-bond donors (Lipinski definition) is 0. The molecule has 0 amide bonds. The summed E-state index contributed by atoms with van der Waals surface area (Å²) in [5, 5.41) is 4.32. The summed E-state index contributed by atoms with van der Waals surface area (Å²) < 4.78 is 1.91. The molecular formula is C19H20N4. The maximum absolute atomic E-state index is 4.56. The average molecular weight is 304 g/mol. The molecule has 0 saturated carbocycles. The van der Waals surface area contributed by atoms with Crippen molar-refractivity contribution in [2.24, 2.45) is 0 Å². The van der Waals surface area contributed by atoms with Crippen LogP contribution in [-0.2, 0) is 6.54 Å². The van der Waals surface area contributed by atoms with Gasteiger partial charge in [-0.1, -0.05) is 18.2 Å². The SMILES string of the molecule is c1ccc([C@@H]2CCCN2Cc2cccc(-n3cccn3)c2)nc1. The van der Waals surface area contributed by atoms with E-state index in [1.54, 1.807) is 0 Å². The Labute approximate surface area is 136 Å². The fraction of sp³-hybridized carbons (Fsp3) is 0.263. The molecule has 0 N–H and O–H groups in total. The predicted octanol–water partition coefficient (Wildman–Crippen LogP) is 3.60. The van der Waals surface area contributed by atoms with Gasteiger partial charge in [-0.05, 0) is 55.3 Å². The molecular weight excluding hydrogens is 284 g/mol. The standard InChI is InChI=1S/C19H20N4/c1-2-10-20-18(8-1)19-9-4-12-22(19)15-16-6-3-7-17(14-16)23-13-5-11-21-23/h1-3,5-8,10-11,13-14,19H,4,9,12,15H2/t19-/m0/s1. The molecule has 3 heterocycles. The van der Waals surface area contributed by atoms with Gasteiger partial charge in [0, 0.05) is 25.1 Å². The van der Waals surface area contributed by atoms with Crippen LogP contribution in [-0.4, -0.2) is 26.2 Å². The number of pyridine rings is 1. The molecule has 2 aromatic heterocycles. The van der Waals surface area contributed by atoms with Crippen LogP contribution in [0.5, 0.6) is 0 Å². The maximum atomic E-state index is 4.56. The van der Waals surface area contributed by atoms with Crippen LogP contribution in [0.2, 0.25) is 0 Å². The van der Waals surface area contributed by atoms with Gasteiger partial charge in [0.05, 0.1) is 17.4 Å². The zero-order chi connectivity index (χ0) is 15.5. The van der Waals surface area contributed by atoms with Crippen molar-refractivity contribution in [3.05, 3.63) is 78.4 Å². The third kappa shape index (κ3) is 3.03. The Morgan fingerprint density at radius 1 is 1.04 bits per heavy atom. The molecule has 1 aliphatic rings. The van der Waals surface area contributed by atoms with Crippen LogP contribution in [0.3, 0.4) is 0 Å². The topological polar surface area (TPSA) is 34.0 Å². The monoisotopic (exact) mass is 304 g/mol. The summed E-state index contributed by atoms with van der Waals surface area (Å²) in [7, 11) is 0. The van der Waals surface area contributed by atoms with Gasteiger partial charge in [-0.3, -0.25) is 9.88 Å². The summed E-state index contributed by atoms with van der Waals surface area (Å²) in [5.41, 5.74) is 3.62. The van der Waals surface area contributed by atoms with Crippen molar-refractivity contribution in [3.63, 3.8) is 0 Å². The van der Waals surface area contributed by atoms with Crippen molar-refractivity contribution in [3.8, 4) is 5.69 Å². The lowest BCUT2D eigenvalue weighted by atomic mass is 10.1. The van der Waals surface area contributed by atoms with E-state index in [-0.39, 0.29) is 0 Å². The largest absolute Gasteiger partial charge is 0.291 e. The van der Waals surface area contributed by atoms with E-state index in [1.807, 2.05) is 35.4 Å². The smallest absolute Gasteiger partial charge is 0.0648 e. The minimum atomic E-state index is 0.435. The lowest BCUT2D eigenvalue weighted by Crippen LogP contribution is -2.23. The van der Waals surface area contributed by atoms with Crippen molar-refractivity contribution >= 4 is 0 Å². The Balaban J connectivity index is 1.55.